The van der Waals surface area contributed by atoms with E-state index in [-0.39, 0.29) is 18.9 Å². The number of rotatable bonds is 3. The Bertz CT molecular complexity index is 801. The standard InChI is InChI=1S/C21H21FN2O2/c1-2-26-20(25)21(22)11-10-16(8-9-18-15-23-12-13-24-18)14-19(21)17-6-4-3-5-7-17/h3-7,12-13,15-16,19H,2,10-11,14H2,1H3. The minimum Gasteiger partial charge on any atom is -0.464 e. The van der Waals surface area contributed by atoms with Gasteiger partial charge in [0.2, 0.25) is 5.67 Å². The predicted molar refractivity (Wildman–Crippen MR) is 95.9 cm³/mol. The van der Waals surface area contributed by atoms with Crippen molar-refractivity contribution in [2.75, 3.05) is 6.61 Å². The highest BCUT2D eigenvalue weighted by atomic mass is 19.1. The first-order valence-corrected chi connectivity index (χ1v) is 8.82. The van der Waals surface area contributed by atoms with Crippen LogP contribution in [0.3, 0.4) is 0 Å². The molecular weight excluding hydrogens is 331 g/mol. The predicted octanol–water partition coefficient (Wildman–Crippen LogP) is 3.68. The Morgan fingerprint density at radius 2 is 2.15 bits per heavy atom. The van der Waals surface area contributed by atoms with Gasteiger partial charge in [-0.3, -0.25) is 4.98 Å². The zero-order valence-electron chi connectivity index (χ0n) is 14.7. The van der Waals surface area contributed by atoms with Crippen LogP contribution in [-0.2, 0) is 9.53 Å². The van der Waals surface area contributed by atoms with Crippen molar-refractivity contribution in [3.63, 3.8) is 0 Å². The number of carbonyl (C=O) groups is 1. The van der Waals surface area contributed by atoms with Gasteiger partial charge in [-0.1, -0.05) is 36.3 Å². The molecule has 1 aromatic carbocycles. The molecule has 134 valence electrons. The number of benzene rings is 1. The van der Waals surface area contributed by atoms with Crippen molar-refractivity contribution in [2.45, 2.75) is 37.8 Å². The molecule has 1 aromatic heterocycles. The number of hydrogen-bond donors (Lipinski definition) is 0. The van der Waals surface area contributed by atoms with Gasteiger partial charge in [-0.2, -0.15) is 0 Å². The van der Waals surface area contributed by atoms with Crippen LogP contribution in [0.4, 0.5) is 4.39 Å². The van der Waals surface area contributed by atoms with Crippen molar-refractivity contribution in [3.05, 3.63) is 60.2 Å². The monoisotopic (exact) mass is 352 g/mol. The molecule has 1 saturated carbocycles. The number of hydrogen-bond acceptors (Lipinski definition) is 4. The Hall–Kier alpha value is -2.74. The first-order valence-electron chi connectivity index (χ1n) is 8.82. The second-order valence-electron chi connectivity index (χ2n) is 6.38. The fourth-order valence-electron chi connectivity index (χ4n) is 3.40. The Morgan fingerprint density at radius 1 is 1.35 bits per heavy atom. The summed E-state index contributed by atoms with van der Waals surface area (Å²) in [5.41, 5.74) is -0.623. The third-order valence-corrected chi connectivity index (χ3v) is 4.71. The molecule has 1 fully saturated rings. The molecule has 1 heterocycles. The molecule has 0 N–H and O–H groups in total. The fourth-order valence-corrected chi connectivity index (χ4v) is 3.40. The lowest BCUT2D eigenvalue weighted by atomic mass is 9.69. The van der Waals surface area contributed by atoms with E-state index in [0.29, 0.717) is 18.5 Å². The molecule has 0 aliphatic heterocycles. The Kier molecular flexibility index (Phi) is 5.62. The quantitative estimate of drug-likeness (QED) is 0.625. The van der Waals surface area contributed by atoms with Crippen molar-refractivity contribution in [3.8, 4) is 11.8 Å². The third kappa shape index (κ3) is 3.91. The van der Waals surface area contributed by atoms with Gasteiger partial charge < -0.3 is 4.74 Å². The van der Waals surface area contributed by atoms with Crippen molar-refractivity contribution < 1.29 is 13.9 Å². The normalized spacial score (nSPS) is 25.0. The van der Waals surface area contributed by atoms with Crippen LogP contribution in [0.1, 0.15) is 43.4 Å². The van der Waals surface area contributed by atoms with Crippen LogP contribution in [0.25, 0.3) is 0 Å². The topological polar surface area (TPSA) is 52.1 Å². The van der Waals surface area contributed by atoms with E-state index in [0.717, 1.165) is 5.56 Å². The highest BCUT2D eigenvalue weighted by molar-refractivity contribution is 5.81. The maximum atomic E-state index is 15.7. The van der Waals surface area contributed by atoms with Crippen LogP contribution < -0.4 is 0 Å². The number of halogens is 1. The molecule has 1 aliphatic rings. The number of ether oxygens (including phenoxy) is 1. The van der Waals surface area contributed by atoms with Crippen LogP contribution in [0, 0.1) is 17.8 Å². The van der Waals surface area contributed by atoms with Crippen molar-refractivity contribution >= 4 is 5.97 Å². The van der Waals surface area contributed by atoms with Crippen LogP contribution in [0.5, 0.6) is 0 Å². The Morgan fingerprint density at radius 3 is 2.85 bits per heavy atom. The van der Waals surface area contributed by atoms with Crippen LogP contribution in [-0.4, -0.2) is 28.2 Å². The summed E-state index contributed by atoms with van der Waals surface area (Å²) in [5.74, 6) is 4.83. The molecular formula is C21H21FN2O2. The summed E-state index contributed by atoms with van der Waals surface area (Å²) in [7, 11) is 0. The van der Waals surface area contributed by atoms with Gasteiger partial charge in [0.25, 0.3) is 0 Å². The summed E-state index contributed by atoms with van der Waals surface area (Å²) >= 11 is 0. The molecule has 5 heteroatoms. The molecule has 1 aliphatic carbocycles. The Labute approximate surface area is 152 Å². The van der Waals surface area contributed by atoms with E-state index in [4.69, 9.17) is 4.74 Å². The van der Waals surface area contributed by atoms with Gasteiger partial charge in [-0.25, -0.2) is 14.2 Å². The molecule has 0 spiro atoms. The van der Waals surface area contributed by atoms with Crippen LogP contribution in [0.15, 0.2) is 48.9 Å². The molecule has 3 atom stereocenters. The van der Waals surface area contributed by atoms with Crippen LogP contribution in [0.2, 0.25) is 0 Å². The SMILES string of the molecule is CCOC(=O)C1(F)CCC(C#Cc2cnccn2)CC1c1ccccc1. The van der Waals surface area contributed by atoms with Gasteiger partial charge >= 0.3 is 5.97 Å². The summed E-state index contributed by atoms with van der Waals surface area (Å²) < 4.78 is 20.7. The molecule has 0 amide bonds. The van der Waals surface area contributed by atoms with Gasteiger partial charge in [0.15, 0.2) is 0 Å². The number of aromatic nitrogens is 2. The summed E-state index contributed by atoms with van der Waals surface area (Å²) in [4.78, 5) is 20.5. The first-order chi connectivity index (χ1) is 12.6. The average Bonchev–Trinajstić information content (AvgIpc) is 2.69. The van der Waals surface area contributed by atoms with Gasteiger partial charge in [-0.15, -0.1) is 0 Å². The molecule has 4 nitrogen and oxygen atoms in total. The van der Waals surface area contributed by atoms with Crippen molar-refractivity contribution in [2.24, 2.45) is 5.92 Å². The summed E-state index contributed by atoms with van der Waals surface area (Å²) in [6.07, 6.45) is 5.85. The number of esters is 1. The minimum absolute atomic E-state index is 0.0134. The molecule has 0 saturated heterocycles. The van der Waals surface area contributed by atoms with Gasteiger partial charge in [0.1, 0.15) is 5.69 Å². The van der Waals surface area contributed by atoms with Gasteiger partial charge in [0, 0.05) is 24.2 Å². The molecule has 0 bridgehead atoms. The average molecular weight is 352 g/mol. The van der Waals surface area contributed by atoms with E-state index in [1.54, 1.807) is 25.5 Å². The lowest BCUT2D eigenvalue weighted by molar-refractivity contribution is -0.161. The highest BCUT2D eigenvalue weighted by Gasteiger charge is 2.51. The molecule has 26 heavy (non-hydrogen) atoms. The number of carbonyl (C=O) groups excluding carboxylic acids is 1. The van der Waals surface area contributed by atoms with E-state index in [9.17, 15) is 4.79 Å². The number of nitrogens with zero attached hydrogens (tertiary/aromatic N) is 2. The van der Waals surface area contributed by atoms with Gasteiger partial charge in [-0.05, 0) is 37.7 Å². The maximum absolute atomic E-state index is 15.7. The first kappa shape index (κ1) is 18.1. The smallest absolute Gasteiger partial charge is 0.344 e. The second-order valence-corrected chi connectivity index (χ2v) is 6.38. The Balaban J connectivity index is 1.86. The molecule has 3 unspecified atom stereocenters. The minimum atomic E-state index is -2.01. The molecule has 3 rings (SSSR count). The van der Waals surface area contributed by atoms with E-state index >= 15 is 4.39 Å². The lowest BCUT2D eigenvalue weighted by Gasteiger charge is -2.38. The third-order valence-electron chi connectivity index (χ3n) is 4.71. The van der Waals surface area contributed by atoms with E-state index in [1.807, 2.05) is 30.3 Å². The summed E-state index contributed by atoms with van der Waals surface area (Å²) in [5, 5.41) is 0. The number of alkyl halides is 1. The largest absolute Gasteiger partial charge is 0.464 e. The lowest BCUT2D eigenvalue weighted by Crippen LogP contribution is -2.45. The fraction of sp³-hybridized carbons (Fsp3) is 0.381. The molecule has 0 radical (unpaired) electrons. The second kappa shape index (κ2) is 8.09. The van der Waals surface area contributed by atoms with Gasteiger partial charge in [0.05, 0.1) is 12.8 Å². The summed E-state index contributed by atoms with van der Waals surface area (Å²) in [6.45, 7) is 1.86. The van der Waals surface area contributed by atoms with E-state index in [2.05, 4.69) is 21.8 Å². The highest BCUT2D eigenvalue weighted by Crippen LogP contribution is 2.46. The zero-order valence-corrected chi connectivity index (χ0v) is 14.7. The van der Waals surface area contributed by atoms with Crippen LogP contribution >= 0.6 is 0 Å². The summed E-state index contributed by atoms with van der Waals surface area (Å²) in [6, 6.07) is 9.31. The van der Waals surface area contributed by atoms with E-state index < -0.39 is 17.6 Å². The van der Waals surface area contributed by atoms with Crippen molar-refractivity contribution in [1.82, 2.24) is 9.97 Å². The maximum Gasteiger partial charge on any atom is 0.344 e. The van der Waals surface area contributed by atoms with Crippen molar-refractivity contribution in [1.29, 1.82) is 0 Å². The molecule has 2 aromatic rings. The van der Waals surface area contributed by atoms with E-state index in [1.165, 1.54) is 0 Å². The zero-order chi connectivity index (χ0) is 18.4.